The first-order chi connectivity index (χ1) is 7.63. The molecule has 0 fully saturated rings. The highest BCUT2D eigenvalue weighted by atomic mass is 16.1. The largest absolute Gasteiger partial charge is 0.354 e. The molecule has 3 nitrogen and oxygen atoms in total. The second-order valence-corrected chi connectivity index (χ2v) is 4.10. The van der Waals surface area contributed by atoms with Crippen LogP contribution in [0.15, 0.2) is 24.3 Å². The maximum absolute atomic E-state index is 11.6. The summed E-state index contributed by atoms with van der Waals surface area (Å²) in [6.07, 6.45) is 0.461. The van der Waals surface area contributed by atoms with Crippen LogP contribution in [0.1, 0.15) is 18.1 Å². The van der Waals surface area contributed by atoms with Gasteiger partial charge in [0.15, 0.2) is 0 Å². The second kappa shape index (κ2) is 6.28. The summed E-state index contributed by atoms with van der Waals surface area (Å²) in [6.45, 7) is 4.73. The number of hydrogen-bond donors (Lipinski definition) is 2. The molecule has 1 rings (SSSR count). The lowest BCUT2D eigenvalue weighted by Crippen LogP contribution is -2.37. The van der Waals surface area contributed by atoms with Gasteiger partial charge in [-0.15, -0.1) is 0 Å². The van der Waals surface area contributed by atoms with Crippen LogP contribution in [-0.4, -0.2) is 25.5 Å². The Labute approximate surface area is 97.2 Å². The van der Waals surface area contributed by atoms with Gasteiger partial charge in [0, 0.05) is 12.6 Å². The molecule has 0 spiro atoms. The van der Waals surface area contributed by atoms with Crippen LogP contribution in [0.4, 0.5) is 0 Å². The van der Waals surface area contributed by atoms with E-state index in [1.54, 1.807) is 0 Å². The van der Waals surface area contributed by atoms with Crippen LogP contribution < -0.4 is 10.6 Å². The average molecular weight is 220 g/mol. The standard InChI is InChI=1S/C13H20N2O/c1-10-6-4-5-7-12(10)8-13(16)15-9-11(2)14-3/h4-7,11,14H,8-9H2,1-3H3,(H,15,16). The van der Waals surface area contributed by atoms with Crippen molar-refractivity contribution in [1.29, 1.82) is 0 Å². The summed E-state index contributed by atoms with van der Waals surface area (Å²) in [6, 6.07) is 8.28. The van der Waals surface area contributed by atoms with Gasteiger partial charge in [0.1, 0.15) is 0 Å². The molecule has 0 aliphatic carbocycles. The molecule has 1 aromatic rings. The minimum atomic E-state index is 0.0800. The minimum Gasteiger partial charge on any atom is -0.354 e. The molecular formula is C13H20N2O. The number of benzene rings is 1. The smallest absolute Gasteiger partial charge is 0.224 e. The van der Waals surface area contributed by atoms with E-state index in [4.69, 9.17) is 0 Å². The zero-order chi connectivity index (χ0) is 12.0. The molecule has 0 aliphatic rings. The molecule has 0 aliphatic heterocycles. The van der Waals surface area contributed by atoms with E-state index in [0.717, 1.165) is 5.56 Å². The molecule has 88 valence electrons. The van der Waals surface area contributed by atoms with Gasteiger partial charge < -0.3 is 10.6 Å². The summed E-state index contributed by atoms with van der Waals surface area (Å²) in [4.78, 5) is 11.6. The Hall–Kier alpha value is -1.35. The van der Waals surface area contributed by atoms with Crippen LogP contribution in [-0.2, 0) is 11.2 Å². The Kier molecular flexibility index (Phi) is 4.99. The molecule has 0 saturated heterocycles. The summed E-state index contributed by atoms with van der Waals surface area (Å²) in [5.74, 6) is 0.0800. The van der Waals surface area contributed by atoms with E-state index in [1.165, 1.54) is 5.56 Å². The first-order valence-corrected chi connectivity index (χ1v) is 5.62. The lowest BCUT2D eigenvalue weighted by Gasteiger charge is -2.12. The number of carbonyl (C=O) groups excluding carboxylic acids is 1. The average Bonchev–Trinajstić information content (AvgIpc) is 2.29. The number of amides is 1. The molecular weight excluding hydrogens is 200 g/mol. The maximum atomic E-state index is 11.6. The maximum Gasteiger partial charge on any atom is 0.224 e. The van der Waals surface area contributed by atoms with Crippen LogP contribution in [0.25, 0.3) is 0 Å². The highest BCUT2D eigenvalue weighted by Crippen LogP contribution is 2.07. The lowest BCUT2D eigenvalue weighted by molar-refractivity contribution is -0.120. The zero-order valence-electron chi connectivity index (χ0n) is 10.2. The number of carbonyl (C=O) groups is 1. The Bertz CT molecular complexity index is 350. The van der Waals surface area contributed by atoms with E-state index in [1.807, 2.05) is 45.2 Å². The van der Waals surface area contributed by atoms with E-state index >= 15 is 0 Å². The van der Waals surface area contributed by atoms with Gasteiger partial charge in [-0.1, -0.05) is 24.3 Å². The molecule has 0 radical (unpaired) electrons. The van der Waals surface area contributed by atoms with Gasteiger partial charge in [-0.25, -0.2) is 0 Å². The minimum absolute atomic E-state index is 0.0800. The fourth-order valence-electron chi connectivity index (χ4n) is 1.41. The molecule has 1 atom stereocenters. The van der Waals surface area contributed by atoms with Gasteiger partial charge in [-0.2, -0.15) is 0 Å². The summed E-state index contributed by atoms with van der Waals surface area (Å²) in [7, 11) is 1.89. The van der Waals surface area contributed by atoms with Gasteiger partial charge in [-0.05, 0) is 32.0 Å². The van der Waals surface area contributed by atoms with E-state index in [2.05, 4.69) is 10.6 Å². The van der Waals surface area contributed by atoms with Crippen LogP contribution in [0.5, 0.6) is 0 Å². The zero-order valence-corrected chi connectivity index (χ0v) is 10.2. The van der Waals surface area contributed by atoms with Crippen molar-refractivity contribution in [3.05, 3.63) is 35.4 Å². The highest BCUT2D eigenvalue weighted by Gasteiger charge is 2.06. The van der Waals surface area contributed by atoms with Crippen molar-refractivity contribution < 1.29 is 4.79 Å². The molecule has 0 heterocycles. The third-order valence-corrected chi connectivity index (χ3v) is 2.71. The predicted octanol–water partition coefficient (Wildman–Crippen LogP) is 1.26. The molecule has 16 heavy (non-hydrogen) atoms. The Balaban J connectivity index is 2.43. The predicted molar refractivity (Wildman–Crippen MR) is 66.4 cm³/mol. The third-order valence-electron chi connectivity index (χ3n) is 2.71. The fourth-order valence-corrected chi connectivity index (χ4v) is 1.41. The molecule has 1 amide bonds. The van der Waals surface area contributed by atoms with Crippen molar-refractivity contribution in [3.63, 3.8) is 0 Å². The van der Waals surface area contributed by atoms with Crippen LogP contribution in [0.3, 0.4) is 0 Å². The molecule has 0 bridgehead atoms. The van der Waals surface area contributed by atoms with E-state index in [0.29, 0.717) is 19.0 Å². The van der Waals surface area contributed by atoms with Crippen molar-refractivity contribution in [1.82, 2.24) is 10.6 Å². The number of aryl methyl sites for hydroxylation is 1. The first-order valence-electron chi connectivity index (χ1n) is 5.62. The summed E-state index contributed by atoms with van der Waals surface area (Å²) in [5, 5.41) is 5.99. The van der Waals surface area contributed by atoms with E-state index in [9.17, 15) is 4.79 Å². The number of nitrogens with one attached hydrogen (secondary N) is 2. The first kappa shape index (κ1) is 12.7. The van der Waals surface area contributed by atoms with Crippen molar-refractivity contribution >= 4 is 5.91 Å². The van der Waals surface area contributed by atoms with Gasteiger partial charge in [-0.3, -0.25) is 4.79 Å². The van der Waals surface area contributed by atoms with Gasteiger partial charge in [0.05, 0.1) is 6.42 Å². The molecule has 0 saturated carbocycles. The fraction of sp³-hybridized carbons (Fsp3) is 0.462. The van der Waals surface area contributed by atoms with Crippen LogP contribution >= 0.6 is 0 Å². The summed E-state index contributed by atoms with van der Waals surface area (Å²) < 4.78 is 0. The molecule has 1 aromatic carbocycles. The third kappa shape index (κ3) is 4.03. The Morgan fingerprint density at radius 2 is 2.06 bits per heavy atom. The quantitative estimate of drug-likeness (QED) is 0.784. The van der Waals surface area contributed by atoms with Crippen molar-refractivity contribution in [3.8, 4) is 0 Å². The molecule has 3 heteroatoms. The summed E-state index contributed by atoms with van der Waals surface area (Å²) >= 11 is 0. The van der Waals surface area contributed by atoms with Crippen LogP contribution in [0.2, 0.25) is 0 Å². The van der Waals surface area contributed by atoms with Crippen molar-refractivity contribution in [2.24, 2.45) is 0 Å². The van der Waals surface area contributed by atoms with E-state index < -0.39 is 0 Å². The van der Waals surface area contributed by atoms with Gasteiger partial charge in [0.2, 0.25) is 5.91 Å². The summed E-state index contributed by atoms with van der Waals surface area (Å²) in [5.41, 5.74) is 2.26. The normalized spacial score (nSPS) is 12.2. The number of likely N-dealkylation sites (N-methyl/N-ethyl adjacent to an activating group) is 1. The highest BCUT2D eigenvalue weighted by molar-refractivity contribution is 5.78. The van der Waals surface area contributed by atoms with Gasteiger partial charge in [0.25, 0.3) is 0 Å². The van der Waals surface area contributed by atoms with Gasteiger partial charge >= 0.3 is 0 Å². The molecule has 0 aromatic heterocycles. The van der Waals surface area contributed by atoms with Crippen molar-refractivity contribution in [2.45, 2.75) is 26.3 Å². The molecule has 2 N–H and O–H groups in total. The topological polar surface area (TPSA) is 41.1 Å². The second-order valence-electron chi connectivity index (χ2n) is 4.10. The van der Waals surface area contributed by atoms with E-state index in [-0.39, 0.29) is 5.91 Å². The molecule has 1 unspecified atom stereocenters. The number of hydrogen-bond acceptors (Lipinski definition) is 2. The monoisotopic (exact) mass is 220 g/mol. The Morgan fingerprint density at radius 1 is 1.38 bits per heavy atom. The SMILES string of the molecule is CNC(C)CNC(=O)Cc1ccccc1C. The Morgan fingerprint density at radius 3 is 2.69 bits per heavy atom. The van der Waals surface area contributed by atoms with Crippen molar-refractivity contribution in [2.75, 3.05) is 13.6 Å². The number of rotatable bonds is 5. The van der Waals surface area contributed by atoms with Crippen LogP contribution in [0, 0.1) is 6.92 Å². The lowest BCUT2D eigenvalue weighted by atomic mass is 10.1.